The smallest absolute Gasteiger partial charge is 0.187 e. The summed E-state index contributed by atoms with van der Waals surface area (Å²) in [4.78, 5) is 0. The van der Waals surface area contributed by atoms with Crippen LogP contribution in [-0.4, -0.2) is 142 Å². The fourth-order valence-electron chi connectivity index (χ4n) is 5.34. The zero-order valence-corrected chi connectivity index (χ0v) is 28.6. The van der Waals surface area contributed by atoms with Crippen LogP contribution >= 0.6 is 62.0 Å². The standard InChI is InChI=1S/C24H49N5O10.5ClH/c1-2-3-4-5-6-29-9-13-15(30)14(28)17(32)23(37-13)38-21-10(26)7-11(27)22(20(21)35)39-24-19(34)18(33)16(31)12(8-25)36-24;;;;;/h10-24,29-35H,2-9,25-28H2,1H3;5*1H/t10-,11+,12-,13-,14+,15-,16-,17-,18+,19-,20-,21+,22-,23-,24-;;;;;/m1...../s1. The van der Waals surface area contributed by atoms with Gasteiger partial charge in [0, 0.05) is 25.2 Å². The second-order valence-electron chi connectivity index (χ2n) is 10.9. The monoisotopic (exact) mass is 747 g/mol. The highest BCUT2D eigenvalue weighted by atomic mass is 35.5. The molecule has 1 aliphatic carbocycles. The van der Waals surface area contributed by atoms with E-state index in [1.54, 1.807) is 0 Å². The largest absolute Gasteiger partial charge is 0.389 e. The fourth-order valence-corrected chi connectivity index (χ4v) is 5.34. The van der Waals surface area contributed by atoms with Crippen molar-refractivity contribution in [3.05, 3.63) is 0 Å². The average Bonchev–Trinajstić information content (AvgIpc) is 2.91. The Morgan fingerprint density at radius 1 is 0.659 bits per heavy atom. The zero-order chi connectivity index (χ0) is 28.9. The Morgan fingerprint density at radius 3 is 1.70 bits per heavy atom. The van der Waals surface area contributed by atoms with E-state index in [4.69, 9.17) is 41.9 Å². The first kappa shape index (κ1) is 49.2. The molecular weight excluding hydrogens is 696 g/mol. The Bertz CT molecular complexity index is 751. The predicted molar refractivity (Wildman–Crippen MR) is 174 cm³/mol. The molecule has 20 heteroatoms. The highest BCUT2D eigenvalue weighted by Gasteiger charge is 2.51. The van der Waals surface area contributed by atoms with E-state index in [-0.39, 0.29) is 81.5 Å². The minimum atomic E-state index is -1.64. The van der Waals surface area contributed by atoms with Crippen LogP contribution in [0.5, 0.6) is 0 Å². The van der Waals surface area contributed by atoms with Gasteiger partial charge in [-0.05, 0) is 19.4 Å². The van der Waals surface area contributed by atoms with Gasteiger partial charge in [-0.2, -0.15) is 0 Å². The van der Waals surface area contributed by atoms with E-state index < -0.39 is 91.7 Å². The molecule has 3 rings (SSSR count). The SMILES string of the molecule is CCCCCCNC[C@H]1O[C@H](O[C@@H]2[C@@H](O)[C@H](O[C@H]3O[C@H](CN)[C@@H](O)[C@H](O)[C@H]3O)[C@@H](N)C[C@H]2N)[C@H](O)[C@@H](N)[C@@H]1O.Cl.Cl.Cl.Cl.Cl. The van der Waals surface area contributed by atoms with Gasteiger partial charge in [0.25, 0.3) is 0 Å². The van der Waals surface area contributed by atoms with Crippen molar-refractivity contribution < 1.29 is 49.6 Å². The van der Waals surface area contributed by atoms with E-state index in [9.17, 15) is 30.6 Å². The number of hydrogen-bond donors (Lipinski definition) is 11. The third-order valence-electron chi connectivity index (χ3n) is 7.85. The summed E-state index contributed by atoms with van der Waals surface area (Å²) in [6.45, 7) is 2.98. The topological polar surface area (TPSA) is 274 Å². The summed E-state index contributed by atoms with van der Waals surface area (Å²) < 4.78 is 23.1. The number of aliphatic hydroxyl groups excluding tert-OH is 6. The van der Waals surface area contributed by atoms with Gasteiger partial charge < -0.3 is 77.8 Å². The van der Waals surface area contributed by atoms with Crippen LogP contribution in [0.2, 0.25) is 0 Å². The van der Waals surface area contributed by atoms with Crippen LogP contribution in [0.1, 0.15) is 39.0 Å². The van der Waals surface area contributed by atoms with Gasteiger partial charge in [-0.25, -0.2) is 0 Å². The molecule has 15 nitrogen and oxygen atoms in total. The Balaban J connectivity index is -0.00000336. The quantitative estimate of drug-likeness (QED) is 0.0888. The van der Waals surface area contributed by atoms with Crippen LogP contribution in [0.25, 0.3) is 0 Å². The first-order chi connectivity index (χ1) is 18.5. The summed E-state index contributed by atoms with van der Waals surface area (Å²) >= 11 is 0. The second kappa shape index (κ2) is 23.2. The van der Waals surface area contributed by atoms with Crippen LogP contribution in [0.4, 0.5) is 0 Å². The van der Waals surface area contributed by atoms with E-state index in [1.165, 1.54) is 0 Å². The fraction of sp³-hybridized carbons (Fsp3) is 1.00. The van der Waals surface area contributed by atoms with Gasteiger partial charge in [0.2, 0.25) is 0 Å². The molecule has 0 aromatic rings. The molecule has 0 aromatic heterocycles. The molecule has 15 atom stereocenters. The Labute approximate surface area is 289 Å². The summed E-state index contributed by atoms with van der Waals surface area (Å²) in [5, 5.41) is 66.2. The van der Waals surface area contributed by atoms with Crippen LogP contribution in [0.15, 0.2) is 0 Å². The number of hydrogen-bond acceptors (Lipinski definition) is 15. The Morgan fingerprint density at radius 2 is 1.18 bits per heavy atom. The molecule has 2 saturated heterocycles. The zero-order valence-electron chi connectivity index (χ0n) is 24.5. The number of aliphatic hydroxyl groups is 6. The van der Waals surface area contributed by atoms with Crippen molar-refractivity contribution in [3.8, 4) is 0 Å². The van der Waals surface area contributed by atoms with Gasteiger partial charge in [-0.15, -0.1) is 62.0 Å². The van der Waals surface area contributed by atoms with Gasteiger partial charge in [0.05, 0.1) is 12.1 Å². The molecule has 0 bridgehead atoms. The van der Waals surface area contributed by atoms with E-state index in [0.29, 0.717) is 0 Å². The summed E-state index contributed by atoms with van der Waals surface area (Å²) in [6.07, 6.45) is -11.1. The van der Waals surface area contributed by atoms with Crippen molar-refractivity contribution in [2.75, 3.05) is 19.6 Å². The van der Waals surface area contributed by atoms with Crippen LogP contribution in [0.3, 0.4) is 0 Å². The van der Waals surface area contributed by atoms with Crippen LogP contribution < -0.4 is 28.3 Å². The molecule has 1 saturated carbocycles. The Hall–Kier alpha value is 0.850. The van der Waals surface area contributed by atoms with Crippen LogP contribution in [0, 0.1) is 0 Å². The molecule has 3 fully saturated rings. The minimum Gasteiger partial charge on any atom is -0.389 e. The second-order valence-corrected chi connectivity index (χ2v) is 10.9. The maximum Gasteiger partial charge on any atom is 0.187 e. The minimum absolute atomic E-state index is 0. The van der Waals surface area contributed by atoms with Crippen LogP contribution in [-0.2, 0) is 18.9 Å². The van der Waals surface area contributed by atoms with Crippen molar-refractivity contribution >= 4 is 62.0 Å². The van der Waals surface area contributed by atoms with Gasteiger partial charge in [-0.3, -0.25) is 0 Å². The molecule has 0 aromatic carbocycles. The van der Waals surface area contributed by atoms with E-state index in [0.717, 1.165) is 32.2 Å². The van der Waals surface area contributed by atoms with Gasteiger partial charge in [-0.1, -0.05) is 26.2 Å². The Kier molecular flexibility index (Phi) is 26.0. The maximum absolute atomic E-state index is 11.2. The molecule has 0 unspecified atom stereocenters. The number of halogens is 5. The van der Waals surface area contributed by atoms with Gasteiger partial charge in [0.1, 0.15) is 54.9 Å². The highest BCUT2D eigenvalue weighted by molar-refractivity contribution is 5.86. The number of nitrogens with two attached hydrogens (primary N) is 4. The number of rotatable bonds is 12. The molecule has 44 heavy (non-hydrogen) atoms. The number of nitrogens with one attached hydrogen (secondary N) is 1. The first-order valence-corrected chi connectivity index (χ1v) is 13.9. The molecule has 0 spiro atoms. The van der Waals surface area contributed by atoms with E-state index >= 15 is 0 Å². The maximum atomic E-state index is 11.2. The summed E-state index contributed by atoms with van der Waals surface area (Å²) in [6, 6.07) is -2.67. The molecule has 15 N–H and O–H groups in total. The van der Waals surface area contributed by atoms with Crippen molar-refractivity contribution in [1.29, 1.82) is 0 Å². The molecule has 0 radical (unpaired) electrons. The van der Waals surface area contributed by atoms with Crippen molar-refractivity contribution in [1.82, 2.24) is 5.32 Å². The van der Waals surface area contributed by atoms with Crippen molar-refractivity contribution in [3.63, 3.8) is 0 Å². The molecular formula is C24H54Cl5N5O10. The highest BCUT2D eigenvalue weighted by Crippen LogP contribution is 2.31. The van der Waals surface area contributed by atoms with Gasteiger partial charge >= 0.3 is 0 Å². The first-order valence-electron chi connectivity index (χ1n) is 13.9. The lowest BCUT2D eigenvalue weighted by Gasteiger charge is -2.48. The summed E-state index contributed by atoms with van der Waals surface area (Å²) in [5.41, 5.74) is 24.1. The summed E-state index contributed by atoms with van der Waals surface area (Å²) in [7, 11) is 0. The normalized spacial score (nSPS) is 41.9. The number of ether oxygens (including phenoxy) is 4. The predicted octanol–water partition coefficient (Wildman–Crippen LogP) is -3.00. The lowest BCUT2D eigenvalue weighted by Crippen LogP contribution is -2.68. The molecule has 2 aliphatic heterocycles. The third-order valence-corrected chi connectivity index (χ3v) is 7.85. The van der Waals surface area contributed by atoms with Crippen molar-refractivity contribution in [2.24, 2.45) is 22.9 Å². The average molecular weight is 750 g/mol. The van der Waals surface area contributed by atoms with Gasteiger partial charge in [0.15, 0.2) is 12.6 Å². The molecule has 0 amide bonds. The summed E-state index contributed by atoms with van der Waals surface area (Å²) in [5.74, 6) is 0. The lowest BCUT2D eigenvalue weighted by molar-refractivity contribution is -0.330. The molecule has 270 valence electrons. The van der Waals surface area contributed by atoms with E-state index in [1.807, 2.05) is 0 Å². The lowest BCUT2D eigenvalue weighted by atomic mass is 9.84. The third kappa shape index (κ3) is 12.1. The molecule has 3 aliphatic rings. The number of unbranched alkanes of at least 4 members (excludes halogenated alkanes) is 3. The van der Waals surface area contributed by atoms with E-state index in [2.05, 4.69) is 12.2 Å². The van der Waals surface area contributed by atoms with Crippen molar-refractivity contribution in [2.45, 2.75) is 131 Å². The molecule has 2 heterocycles.